The first-order valence-electron chi connectivity index (χ1n) is 13.1. The van der Waals surface area contributed by atoms with Crippen molar-refractivity contribution in [3.8, 4) is 0 Å². The van der Waals surface area contributed by atoms with Crippen LogP contribution >= 0.6 is 11.3 Å². The Morgan fingerprint density at radius 1 is 1.28 bits per heavy atom. The molecule has 1 fully saturated rings. The highest BCUT2D eigenvalue weighted by molar-refractivity contribution is 7.90. The van der Waals surface area contributed by atoms with Crippen LogP contribution in [0.4, 0.5) is 5.00 Å². The molecular weight excluding hydrogens is 492 g/mol. The summed E-state index contributed by atoms with van der Waals surface area (Å²) >= 11 is 1.42. The summed E-state index contributed by atoms with van der Waals surface area (Å²) in [5.41, 5.74) is 3.13. The lowest BCUT2D eigenvalue weighted by Crippen LogP contribution is -2.38. The highest BCUT2D eigenvalue weighted by atomic mass is 32.2. The summed E-state index contributed by atoms with van der Waals surface area (Å²) in [4.78, 5) is 20.3. The molecule has 2 aliphatic carbocycles. The van der Waals surface area contributed by atoms with Gasteiger partial charge in [0, 0.05) is 42.5 Å². The van der Waals surface area contributed by atoms with Crippen LogP contribution in [0, 0.1) is 11.8 Å². The summed E-state index contributed by atoms with van der Waals surface area (Å²) in [6.45, 7) is 13.0. The van der Waals surface area contributed by atoms with E-state index in [0.29, 0.717) is 18.0 Å². The highest BCUT2D eigenvalue weighted by Gasteiger charge is 2.37. The number of amides is 1. The zero-order valence-electron chi connectivity index (χ0n) is 22.4. The molecule has 0 radical (unpaired) electrons. The molecule has 1 aromatic rings. The molecule has 0 saturated heterocycles. The van der Waals surface area contributed by atoms with Crippen molar-refractivity contribution in [3.63, 3.8) is 0 Å². The molecule has 1 aromatic heterocycles. The maximum Gasteiger partial charge on any atom is 0.243 e. The predicted octanol–water partition coefficient (Wildman–Crippen LogP) is 5.50. The topological polar surface area (TPSA) is 90.9 Å². The van der Waals surface area contributed by atoms with Crippen LogP contribution in [0.5, 0.6) is 0 Å². The summed E-state index contributed by atoms with van der Waals surface area (Å²) in [6, 6.07) is 0.0501. The number of hydrogen-bond acceptors (Lipinski definition) is 5. The van der Waals surface area contributed by atoms with Crippen molar-refractivity contribution >= 4 is 38.6 Å². The molecule has 1 unspecified atom stereocenters. The Morgan fingerprint density at radius 3 is 2.58 bits per heavy atom. The number of hydrogen-bond donors (Lipinski definition) is 2. The lowest BCUT2D eigenvalue weighted by Gasteiger charge is -2.34. The van der Waals surface area contributed by atoms with E-state index in [1.54, 1.807) is 7.05 Å². The van der Waals surface area contributed by atoms with Crippen LogP contribution in [-0.4, -0.2) is 45.2 Å². The van der Waals surface area contributed by atoms with Crippen LogP contribution in [0.15, 0.2) is 33.8 Å². The van der Waals surface area contributed by atoms with E-state index in [1.165, 1.54) is 16.9 Å². The third kappa shape index (κ3) is 7.07. The summed E-state index contributed by atoms with van der Waals surface area (Å²) in [5.74, 6) is 0.1000. The van der Waals surface area contributed by atoms with Crippen LogP contribution in [0.25, 0.3) is 0 Å². The first-order chi connectivity index (χ1) is 17.1. The first-order valence-corrected chi connectivity index (χ1v) is 15.4. The van der Waals surface area contributed by atoms with Gasteiger partial charge < -0.3 is 10.2 Å². The molecule has 1 atom stereocenters. The zero-order chi connectivity index (χ0) is 26.5. The highest BCUT2D eigenvalue weighted by Crippen LogP contribution is 2.43. The van der Waals surface area contributed by atoms with E-state index in [0.717, 1.165) is 61.1 Å². The monoisotopic (exact) mass is 534 g/mol. The first kappa shape index (κ1) is 28.6. The Bertz CT molecular complexity index is 1110. The molecule has 2 aliphatic rings. The number of nitrogens with one attached hydrogen (secondary N) is 2. The maximum absolute atomic E-state index is 13.5. The molecule has 0 aromatic carbocycles. The Balaban J connectivity index is 1.94. The van der Waals surface area contributed by atoms with Gasteiger partial charge in [0.15, 0.2) is 0 Å². The SMILES string of the molecule is C=C(C/C(=C/CC)CC)N(C=NC)C1CCc2sc(NC(=O)C3CC3)c(S(=O)(=O)NCC(C)C)c2C1. The van der Waals surface area contributed by atoms with E-state index in [4.69, 9.17) is 0 Å². The van der Waals surface area contributed by atoms with Gasteiger partial charge in [-0.05, 0) is 56.4 Å². The number of sulfonamides is 1. The van der Waals surface area contributed by atoms with Crippen molar-refractivity contribution < 1.29 is 13.2 Å². The zero-order valence-corrected chi connectivity index (χ0v) is 24.0. The molecule has 1 amide bonds. The number of fused-ring (bicyclic) bond motifs is 1. The predicted molar refractivity (Wildman–Crippen MR) is 150 cm³/mol. The number of aryl methyl sites for hydroxylation is 1. The summed E-state index contributed by atoms with van der Waals surface area (Å²) in [7, 11) is -2.04. The quantitative estimate of drug-likeness (QED) is 0.199. The van der Waals surface area contributed by atoms with Crippen molar-refractivity contribution in [2.24, 2.45) is 16.8 Å². The van der Waals surface area contributed by atoms with Gasteiger partial charge >= 0.3 is 0 Å². The number of anilines is 1. The van der Waals surface area contributed by atoms with Crippen LogP contribution < -0.4 is 10.0 Å². The summed E-state index contributed by atoms with van der Waals surface area (Å²) < 4.78 is 29.8. The molecule has 0 aliphatic heterocycles. The van der Waals surface area contributed by atoms with Gasteiger partial charge in [-0.2, -0.15) is 0 Å². The van der Waals surface area contributed by atoms with Gasteiger partial charge in [-0.3, -0.25) is 9.79 Å². The normalized spacial score (nSPS) is 18.5. The number of rotatable bonds is 13. The van der Waals surface area contributed by atoms with Crippen molar-refractivity contribution in [3.05, 3.63) is 34.4 Å². The number of allylic oxidation sites excluding steroid dienone is 2. The third-order valence-corrected chi connectivity index (χ3v) is 9.57. The van der Waals surface area contributed by atoms with Gasteiger partial charge in [0.05, 0.1) is 6.34 Å². The number of carbonyl (C=O) groups excluding carboxylic acids is 1. The largest absolute Gasteiger partial charge is 0.333 e. The minimum absolute atomic E-state index is 0.000396. The van der Waals surface area contributed by atoms with Crippen LogP contribution in [0.3, 0.4) is 0 Å². The molecule has 0 bridgehead atoms. The lowest BCUT2D eigenvalue weighted by atomic mass is 9.92. The van der Waals surface area contributed by atoms with Crippen molar-refractivity contribution in [2.75, 3.05) is 18.9 Å². The van der Waals surface area contributed by atoms with E-state index in [1.807, 2.05) is 20.2 Å². The molecule has 9 heteroatoms. The van der Waals surface area contributed by atoms with Gasteiger partial charge in [0.2, 0.25) is 15.9 Å². The van der Waals surface area contributed by atoms with E-state index in [2.05, 4.69) is 46.4 Å². The average molecular weight is 535 g/mol. The Labute approximate surface area is 221 Å². The standard InChI is InChI=1S/C27H42N4O3S2/c1-7-9-20(8-2)14-19(5)31(17-28-6)22-12-13-24-23(15-22)25(36(33,34)29-16-18(3)4)27(35-24)30-26(32)21-10-11-21/h9,17-18,21-22,29H,5,7-8,10-16H2,1-4,6H3,(H,30,32)/b20-9+,28-17?. The Kier molecular flexibility index (Phi) is 9.94. The molecule has 1 saturated carbocycles. The molecule has 0 spiro atoms. The van der Waals surface area contributed by atoms with Crippen molar-refractivity contribution in [1.82, 2.24) is 9.62 Å². The fourth-order valence-electron chi connectivity index (χ4n) is 4.59. The molecule has 3 rings (SSSR count). The third-order valence-electron chi connectivity index (χ3n) is 6.70. The molecule has 7 nitrogen and oxygen atoms in total. The number of carbonyl (C=O) groups is 1. The summed E-state index contributed by atoms with van der Waals surface area (Å²) in [5, 5.41) is 3.42. The van der Waals surface area contributed by atoms with E-state index >= 15 is 0 Å². The number of nitrogens with zero attached hydrogens (tertiary/aromatic N) is 2. The van der Waals surface area contributed by atoms with Gasteiger partial charge in [0.1, 0.15) is 9.90 Å². The maximum atomic E-state index is 13.5. The van der Waals surface area contributed by atoms with Crippen LogP contribution in [0.1, 0.15) is 76.7 Å². The molecular formula is C27H42N4O3S2. The summed E-state index contributed by atoms with van der Waals surface area (Å²) in [6.07, 6.45) is 10.7. The molecule has 200 valence electrons. The van der Waals surface area contributed by atoms with Gasteiger partial charge in [-0.25, -0.2) is 13.1 Å². The molecule has 2 N–H and O–H groups in total. The smallest absolute Gasteiger partial charge is 0.243 e. The minimum Gasteiger partial charge on any atom is -0.333 e. The lowest BCUT2D eigenvalue weighted by molar-refractivity contribution is -0.117. The van der Waals surface area contributed by atoms with Gasteiger partial charge in [-0.1, -0.05) is 45.9 Å². The fourth-order valence-corrected chi connectivity index (χ4v) is 7.78. The second kappa shape index (κ2) is 12.5. The van der Waals surface area contributed by atoms with E-state index in [9.17, 15) is 13.2 Å². The number of thiophene rings is 1. The second-order valence-corrected chi connectivity index (χ2v) is 13.0. The number of aliphatic imine (C=N–C) groups is 1. The van der Waals surface area contributed by atoms with Gasteiger partial charge in [0.25, 0.3) is 0 Å². The minimum atomic E-state index is -3.78. The molecule has 36 heavy (non-hydrogen) atoms. The fraction of sp³-hybridized carbons (Fsp3) is 0.630. The van der Waals surface area contributed by atoms with E-state index < -0.39 is 10.0 Å². The Morgan fingerprint density at radius 2 is 2.00 bits per heavy atom. The van der Waals surface area contributed by atoms with Crippen molar-refractivity contribution in [2.45, 2.75) is 90.0 Å². The van der Waals surface area contributed by atoms with E-state index in [-0.39, 0.29) is 28.7 Å². The van der Waals surface area contributed by atoms with Crippen molar-refractivity contribution in [1.29, 1.82) is 0 Å². The molecule has 1 heterocycles. The second-order valence-electron chi connectivity index (χ2n) is 10.2. The Hall–Kier alpha value is -1.97. The van der Waals surface area contributed by atoms with Crippen LogP contribution in [-0.2, 0) is 27.7 Å². The van der Waals surface area contributed by atoms with Crippen LogP contribution in [0.2, 0.25) is 0 Å². The van der Waals surface area contributed by atoms with Gasteiger partial charge in [-0.15, -0.1) is 11.3 Å². The average Bonchev–Trinajstić information content (AvgIpc) is 3.62.